The molecule has 2 aromatic carbocycles. The number of fused-ring (bicyclic) bond motifs is 1. The van der Waals surface area contributed by atoms with Crippen LogP contribution in [0.15, 0.2) is 53.1 Å². The number of benzene rings is 2. The second-order valence-electron chi connectivity index (χ2n) is 6.95. The molecule has 2 amide bonds. The average Bonchev–Trinajstić information content (AvgIpc) is 2.66. The lowest BCUT2D eigenvalue weighted by atomic mass is 9.95. The van der Waals surface area contributed by atoms with E-state index < -0.39 is 5.91 Å². The normalized spacial score (nSPS) is 14.8. The predicted molar refractivity (Wildman–Crippen MR) is 116 cm³/mol. The molecule has 1 aliphatic rings. The number of nitrogens with zero attached hydrogens (tertiary/aromatic N) is 2. The number of carbonyl (C=O) groups excluding carboxylic acids is 2. The number of imide groups is 1. The van der Waals surface area contributed by atoms with E-state index in [2.05, 4.69) is 57.5 Å². The standard InChI is InChI=1S/C21H23BrN4O2/c1-25(2)10-11-26(3)16-7-5-15(6-8-16)23-13-19-18-12-14(22)4-9-17(18)20(27)24-21(19)28/h4-9,12-13,23H,10-11H2,1-3H3,(H,24,27,28). The van der Waals surface area contributed by atoms with Crippen molar-refractivity contribution in [3.05, 3.63) is 64.3 Å². The van der Waals surface area contributed by atoms with Crippen molar-refractivity contribution < 1.29 is 9.59 Å². The molecule has 146 valence electrons. The minimum absolute atomic E-state index is 0.380. The fraction of sp³-hybridized carbons (Fsp3) is 0.238. The number of amides is 2. The van der Waals surface area contributed by atoms with Crippen LogP contribution in [-0.2, 0) is 4.79 Å². The smallest absolute Gasteiger partial charge is 0.260 e. The molecule has 7 heteroatoms. The van der Waals surface area contributed by atoms with Gasteiger partial charge in [0.1, 0.15) is 0 Å². The quantitative estimate of drug-likeness (QED) is 0.531. The molecule has 0 radical (unpaired) electrons. The van der Waals surface area contributed by atoms with Crippen molar-refractivity contribution in [2.45, 2.75) is 0 Å². The van der Waals surface area contributed by atoms with E-state index in [1.54, 1.807) is 24.4 Å². The third-order valence-electron chi connectivity index (χ3n) is 4.56. The van der Waals surface area contributed by atoms with Crippen LogP contribution >= 0.6 is 15.9 Å². The molecule has 0 fully saturated rings. The average molecular weight is 443 g/mol. The number of anilines is 2. The van der Waals surface area contributed by atoms with Crippen molar-refractivity contribution in [3.63, 3.8) is 0 Å². The van der Waals surface area contributed by atoms with Gasteiger partial charge in [-0.25, -0.2) is 0 Å². The molecule has 1 heterocycles. The van der Waals surface area contributed by atoms with Crippen LogP contribution in [0.5, 0.6) is 0 Å². The molecule has 2 aromatic rings. The fourth-order valence-electron chi connectivity index (χ4n) is 2.89. The third-order valence-corrected chi connectivity index (χ3v) is 5.06. The SMILES string of the molecule is CN(C)CCN(C)c1ccc(NC=C2C(=O)NC(=O)c3ccc(Br)cc32)cc1. The predicted octanol–water partition coefficient (Wildman–Crippen LogP) is 3.17. The maximum absolute atomic E-state index is 12.3. The Balaban J connectivity index is 1.77. The van der Waals surface area contributed by atoms with E-state index in [-0.39, 0.29) is 5.91 Å². The van der Waals surface area contributed by atoms with Crippen molar-refractivity contribution >= 4 is 44.7 Å². The molecule has 2 N–H and O–H groups in total. The summed E-state index contributed by atoms with van der Waals surface area (Å²) in [6, 6.07) is 13.3. The first-order chi connectivity index (χ1) is 13.3. The molecule has 0 unspecified atom stereocenters. The number of rotatable bonds is 6. The Hall–Kier alpha value is -2.64. The zero-order valence-electron chi connectivity index (χ0n) is 16.1. The van der Waals surface area contributed by atoms with E-state index in [1.165, 1.54) is 0 Å². The Morgan fingerprint density at radius 1 is 0.964 bits per heavy atom. The number of nitrogens with one attached hydrogen (secondary N) is 2. The van der Waals surface area contributed by atoms with E-state index in [9.17, 15) is 9.59 Å². The number of hydrogen-bond donors (Lipinski definition) is 2. The third kappa shape index (κ3) is 4.61. The van der Waals surface area contributed by atoms with Gasteiger partial charge in [-0.1, -0.05) is 15.9 Å². The second kappa shape index (κ2) is 8.58. The summed E-state index contributed by atoms with van der Waals surface area (Å²) >= 11 is 3.40. The molecule has 0 spiro atoms. The van der Waals surface area contributed by atoms with Crippen molar-refractivity contribution in [1.82, 2.24) is 10.2 Å². The first-order valence-electron chi connectivity index (χ1n) is 8.93. The van der Waals surface area contributed by atoms with Gasteiger partial charge in [-0.3, -0.25) is 14.9 Å². The molecule has 3 rings (SSSR count). The molecule has 0 saturated carbocycles. The summed E-state index contributed by atoms with van der Waals surface area (Å²) in [4.78, 5) is 28.7. The zero-order chi connectivity index (χ0) is 20.3. The van der Waals surface area contributed by atoms with Crippen LogP contribution in [0.2, 0.25) is 0 Å². The van der Waals surface area contributed by atoms with Gasteiger partial charge in [0, 0.05) is 53.3 Å². The summed E-state index contributed by atoms with van der Waals surface area (Å²) in [5.74, 6) is -0.794. The van der Waals surface area contributed by atoms with Crippen molar-refractivity contribution in [2.24, 2.45) is 0 Å². The van der Waals surface area contributed by atoms with Gasteiger partial charge in [-0.2, -0.15) is 0 Å². The zero-order valence-corrected chi connectivity index (χ0v) is 17.7. The molecule has 1 aliphatic heterocycles. The van der Waals surface area contributed by atoms with Gasteiger partial charge in [-0.05, 0) is 56.6 Å². The lowest BCUT2D eigenvalue weighted by Gasteiger charge is -2.22. The number of halogens is 1. The molecule has 0 bridgehead atoms. The van der Waals surface area contributed by atoms with Crippen LogP contribution in [-0.4, -0.2) is 50.9 Å². The maximum Gasteiger partial charge on any atom is 0.260 e. The van der Waals surface area contributed by atoms with Crippen molar-refractivity contribution in [3.8, 4) is 0 Å². The van der Waals surface area contributed by atoms with Gasteiger partial charge in [0.2, 0.25) is 0 Å². The molecule has 0 aromatic heterocycles. The molecule has 0 atom stereocenters. The summed E-state index contributed by atoms with van der Waals surface area (Å²) in [6.07, 6.45) is 1.64. The van der Waals surface area contributed by atoms with E-state index in [0.29, 0.717) is 16.7 Å². The van der Waals surface area contributed by atoms with Crippen molar-refractivity contribution in [1.29, 1.82) is 0 Å². The second-order valence-corrected chi connectivity index (χ2v) is 7.86. The molecule has 0 aliphatic carbocycles. The maximum atomic E-state index is 12.3. The lowest BCUT2D eigenvalue weighted by Crippen LogP contribution is -2.36. The monoisotopic (exact) mass is 442 g/mol. The van der Waals surface area contributed by atoms with E-state index in [4.69, 9.17) is 0 Å². The minimum atomic E-state index is -0.414. The Morgan fingerprint density at radius 3 is 2.36 bits per heavy atom. The molecular weight excluding hydrogens is 420 g/mol. The Morgan fingerprint density at radius 2 is 1.68 bits per heavy atom. The summed E-state index contributed by atoms with van der Waals surface area (Å²) in [5, 5.41) is 5.54. The van der Waals surface area contributed by atoms with E-state index in [0.717, 1.165) is 28.9 Å². The topological polar surface area (TPSA) is 64.7 Å². The molecular formula is C21H23BrN4O2. The molecule has 28 heavy (non-hydrogen) atoms. The molecule has 6 nitrogen and oxygen atoms in total. The van der Waals surface area contributed by atoms with E-state index >= 15 is 0 Å². The van der Waals surface area contributed by atoms with Crippen LogP contribution in [0.25, 0.3) is 5.57 Å². The van der Waals surface area contributed by atoms with E-state index in [1.807, 2.05) is 24.3 Å². The summed E-state index contributed by atoms with van der Waals surface area (Å²) in [6.45, 7) is 1.91. The van der Waals surface area contributed by atoms with Gasteiger partial charge in [0.25, 0.3) is 11.8 Å². The largest absolute Gasteiger partial charge is 0.373 e. The number of likely N-dealkylation sites (N-methyl/N-ethyl adjacent to an activating group) is 2. The Kier molecular flexibility index (Phi) is 6.16. The first-order valence-corrected chi connectivity index (χ1v) is 9.72. The van der Waals surface area contributed by atoms with Gasteiger partial charge >= 0.3 is 0 Å². The van der Waals surface area contributed by atoms with Gasteiger partial charge in [0.05, 0.1) is 5.57 Å². The number of hydrogen-bond acceptors (Lipinski definition) is 5. The highest BCUT2D eigenvalue weighted by atomic mass is 79.9. The highest BCUT2D eigenvalue weighted by Crippen LogP contribution is 2.27. The summed E-state index contributed by atoms with van der Waals surface area (Å²) in [7, 11) is 6.17. The molecule has 0 saturated heterocycles. The van der Waals surface area contributed by atoms with Crippen molar-refractivity contribution in [2.75, 3.05) is 44.4 Å². The minimum Gasteiger partial charge on any atom is -0.373 e. The Labute approximate surface area is 173 Å². The Bertz CT molecular complexity index is 923. The van der Waals surface area contributed by atoms with Gasteiger partial charge in [-0.15, -0.1) is 0 Å². The lowest BCUT2D eigenvalue weighted by molar-refractivity contribution is -0.114. The number of carbonyl (C=O) groups is 2. The summed E-state index contributed by atoms with van der Waals surface area (Å²) in [5.41, 5.74) is 3.49. The highest BCUT2D eigenvalue weighted by Gasteiger charge is 2.27. The summed E-state index contributed by atoms with van der Waals surface area (Å²) < 4.78 is 0.810. The van der Waals surface area contributed by atoms with Gasteiger partial charge in [0.15, 0.2) is 0 Å². The van der Waals surface area contributed by atoms with Crippen LogP contribution in [0, 0.1) is 0 Å². The van der Waals surface area contributed by atoms with Crippen LogP contribution in [0.4, 0.5) is 11.4 Å². The van der Waals surface area contributed by atoms with Crippen LogP contribution < -0.4 is 15.5 Å². The van der Waals surface area contributed by atoms with Gasteiger partial charge < -0.3 is 15.1 Å². The first kappa shape index (κ1) is 20.1. The van der Waals surface area contributed by atoms with Crippen LogP contribution in [0.3, 0.4) is 0 Å². The highest BCUT2D eigenvalue weighted by molar-refractivity contribution is 9.10. The van der Waals surface area contributed by atoms with Crippen LogP contribution in [0.1, 0.15) is 15.9 Å². The fourth-order valence-corrected chi connectivity index (χ4v) is 3.25.